The third-order valence-corrected chi connectivity index (χ3v) is 2.43. The number of hydrogen-bond donors (Lipinski definition) is 1. The van der Waals surface area contributed by atoms with E-state index in [1.165, 1.54) is 5.56 Å². The molecule has 0 bridgehead atoms. The van der Waals surface area contributed by atoms with Gasteiger partial charge in [0.2, 0.25) is 0 Å². The van der Waals surface area contributed by atoms with E-state index in [1.807, 2.05) is 30.7 Å². The second kappa shape index (κ2) is 4.35. The highest BCUT2D eigenvalue weighted by molar-refractivity contribution is 5.36. The van der Waals surface area contributed by atoms with Crippen molar-refractivity contribution in [3.8, 4) is 0 Å². The molecular weight excluding hydrogens is 200 g/mol. The molecule has 84 valence electrons. The summed E-state index contributed by atoms with van der Waals surface area (Å²) >= 11 is 0. The van der Waals surface area contributed by atoms with Gasteiger partial charge in [-0.3, -0.25) is 4.68 Å². The second-order valence-electron chi connectivity index (χ2n) is 3.98. The Morgan fingerprint density at radius 3 is 2.69 bits per heavy atom. The maximum absolute atomic E-state index is 4.37. The van der Waals surface area contributed by atoms with Crippen LogP contribution in [0.5, 0.6) is 0 Å². The smallest absolute Gasteiger partial charge is 0.127 e. The van der Waals surface area contributed by atoms with Gasteiger partial charge < -0.3 is 5.32 Å². The molecule has 0 aliphatic heterocycles. The van der Waals surface area contributed by atoms with E-state index in [9.17, 15) is 0 Å². The summed E-state index contributed by atoms with van der Waals surface area (Å²) in [5.41, 5.74) is 3.39. The molecule has 2 aromatic heterocycles. The summed E-state index contributed by atoms with van der Waals surface area (Å²) in [6, 6.07) is 6.06. The molecular formula is C12H16N4. The minimum atomic E-state index is 0.649. The van der Waals surface area contributed by atoms with Crippen LogP contribution in [0.4, 0.5) is 5.82 Å². The standard InChI is InChI=1S/C12H16N4/c1-9-4-5-13-12(6-9)14-8-16-11(3)7-10(2)15-16/h4-7H,8H2,1-3H3,(H,13,14). The molecule has 0 amide bonds. The quantitative estimate of drug-likeness (QED) is 0.855. The molecule has 0 unspecified atom stereocenters. The molecule has 0 aliphatic carbocycles. The van der Waals surface area contributed by atoms with Crippen LogP contribution >= 0.6 is 0 Å². The van der Waals surface area contributed by atoms with E-state index in [2.05, 4.69) is 28.4 Å². The molecule has 4 heteroatoms. The Morgan fingerprint density at radius 2 is 2.06 bits per heavy atom. The fraction of sp³-hybridized carbons (Fsp3) is 0.333. The lowest BCUT2D eigenvalue weighted by molar-refractivity contribution is 0.642. The van der Waals surface area contributed by atoms with Crippen molar-refractivity contribution in [1.82, 2.24) is 14.8 Å². The van der Waals surface area contributed by atoms with E-state index in [0.717, 1.165) is 17.2 Å². The largest absolute Gasteiger partial charge is 0.351 e. The Morgan fingerprint density at radius 1 is 1.25 bits per heavy atom. The molecule has 0 saturated carbocycles. The first-order valence-corrected chi connectivity index (χ1v) is 5.33. The summed E-state index contributed by atoms with van der Waals surface area (Å²) < 4.78 is 1.93. The topological polar surface area (TPSA) is 42.7 Å². The Hall–Kier alpha value is -1.84. The summed E-state index contributed by atoms with van der Waals surface area (Å²) in [6.45, 7) is 6.74. The van der Waals surface area contributed by atoms with Crippen molar-refractivity contribution in [3.63, 3.8) is 0 Å². The maximum Gasteiger partial charge on any atom is 0.127 e. The predicted octanol–water partition coefficient (Wildman–Crippen LogP) is 2.27. The van der Waals surface area contributed by atoms with Crippen molar-refractivity contribution >= 4 is 5.82 Å². The Labute approximate surface area is 95.3 Å². The highest BCUT2D eigenvalue weighted by Crippen LogP contribution is 2.07. The molecule has 0 spiro atoms. The molecule has 16 heavy (non-hydrogen) atoms. The van der Waals surface area contributed by atoms with Gasteiger partial charge >= 0.3 is 0 Å². The van der Waals surface area contributed by atoms with E-state index >= 15 is 0 Å². The van der Waals surface area contributed by atoms with Gasteiger partial charge in [-0.25, -0.2) is 4.98 Å². The van der Waals surface area contributed by atoms with Gasteiger partial charge in [0, 0.05) is 11.9 Å². The fourth-order valence-electron chi connectivity index (χ4n) is 1.62. The zero-order valence-corrected chi connectivity index (χ0v) is 9.86. The van der Waals surface area contributed by atoms with Crippen molar-refractivity contribution in [2.75, 3.05) is 5.32 Å². The van der Waals surface area contributed by atoms with Crippen LogP contribution in [0, 0.1) is 20.8 Å². The first-order chi connectivity index (χ1) is 7.65. The van der Waals surface area contributed by atoms with E-state index in [0.29, 0.717) is 6.67 Å². The number of nitrogens with one attached hydrogen (secondary N) is 1. The third-order valence-electron chi connectivity index (χ3n) is 2.43. The molecule has 0 saturated heterocycles. The van der Waals surface area contributed by atoms with Gasteiger partial charge in [0.1, 0.15) is 12.5 Å². The SMILES string of the molecule is Cc1ccnc(NCn2nc(C)cc2C)c1. The van der Waals surface area contributed by atoms with Crippen LogP contribution in [0.15, 0.2) is 24.4 Å². The summed E-state index contributed by atoms with van der Waals surface area (Å²) in [7, 11) is 0. The van der Waals surface area contributed by atoms with Crippen molar-refractivity contribution in [2.24, 2.45) is 0 Å². The molecule has 0 radical (unpaired) electrons. The van der Waals surface area contributed by atoms with Crippen LogP contribution in [0.1, 0.15) is 17.0 Å². The van der Waals surface area contributed by atoms with Gasteiger partial charge in [-0.15, -0.1) is 0 Å². The van der Waals surface area contributed by atoms with Gasteiger partial charge in [0.15, 0.2) is 0 Å². The monoisotopic (exact) mass is 216 g/mol. The normalized spacial score (nSPS) is 10.4. The summed E-state index contributed by atoms with van der Waals surface area (Å²) in [6.07, 6.45) is 1.80. The summed E-state index contributed by atoms with van der Waals surface area (Å²) in [5, 5.41) is 7.62. The van der Waals surface area contributed by atoms with Gasteiger partial charge in [-0.1, -0.05) is 0 Å². The number of rotatable bonds is 3. The van der Waals surface area contributed by atoms with Crippen LogP contribution in [0.25, 0.3) is 0 Å². The van der Waals surface area contributed by atoms with E-state index in [1.54, 1.807) is 6.20 Å². The van der Waals surface area contributed by atoms with E-state index in [4.69, 9.17) is 0 Å². The maximum atomic E-state index is 4.37. The van der Waals surface area contributed by atoms with Crippen molar-refractivity contribution in [2.45, 2.75) is 27.4 Å². The van der Waals surface area contributed by atoms with Gasteiger partial charge in [-0.2, -0.15) is 5.10 Å². The average Bonchev–Trinajstić information content (AvgIpc) is 2.54. The van der Waals surface area contributed by atoms with Crippen LogP contribution < -0.4 is 5.32 Å². The zero-order valence-electron chi connectivity index (χ0n) is 9.86. The lowest BCUT2D eigenvalue weighted by Gasteiger charge is -2.07. The van der Waals surface area contributed by atoms with Gasteiger partial charge in [0.25, 0.3) is 0 Å². The van der Waals surface area contributed by atoms with Crippen molar-refractivity contribution in [3.05, 3.63) is 41.3 Å². The molecule has 2 rings (SSSR count). The summed E-state index contributed by atoms with van der Waals surface area (Å²) in [4.78, 5) is 4.24. The Kier molecular flexibility index (Phi) is 2.90. The third kappa shape index (κ3) is 2.39. The fourth-order valence-corrected chi connectivity index (χ4v) is 1.62. The molecule has 0 aromatic carbocycles. The minimum Gasteiger partial charge on any atom is -0.351 e. The first-order valence-electron chi connectivity index (χ1n) is 5.33. The molecule has 2 aromatic rings. The highest BCUT2D eigenvalue weighted by Gasteiger charge is 2.00. The Bertz CT molecular complexity index is 488. The van der Waals surface area contributed by atoms with Gasteiger partial charge in [0.05, 0.1) is 5.69 Å². The zero-order chi connectivity index (χ0) is 11.5. The van der Waals surface area contributed by atoms with Crippen molar-refractivity contribution in [1.29, 1.82) is 0 Å². The number of anilines is 1. The Balaban J connectivity index is 2.05. The van der Waals surface area contributed by atoms with E-state index in [-0.39, 0.29) is 0 Å². The first kappa shape index (κ1) is 10.7. The molecule has 0 atom stereocenters. The summed E-state index contributed by atoms with van der Waals surface area (Å²) in [5.74, 6) is 0.882. The van der Waals surface area contributed by atoms with Gasteiger partial charge in [-0.05, 0) is 44.5 Å². The van der Waals surface area contributed by atoms with Crippen LogP contribution in [0.2, 0.25) is 0 Å². The molecule has 2 heterocycles. The lowest BCUT2D eigenvalue weighted by atomic mass is 10.3. The number of aryl methyl sites for hydroxylation is 3. The molecule has 0 aliphatic rings. The van der Waals surface area contributed by atoms with E-state index < -0.39 is 0 Å². The molecule has 4 nitrogen and oxygen atoms in total. The van der Waals surface area contributed by atoms with Crippen LogP contribution in [0.3, 0.4) is 0 Å². The van der Waals surface area contributed by atoms with Crippen LogP contribution in [-0.2, 0) is 6.67 Å². The number of nitrogens with zero attached hydrogens (tertiary/aromatic N) is 3. The number of hydrogen-bond acceptors (Lipinski definition) is 3. The minimum absolute atomic E-state index is 0.649. The number of pyridine rings is 1. The highest BCUT2D eigenvalue weighted by atomic mass is 15.3. The predicted molar refractivity (Wildman–Crippen MR) is 64.3 cm³/mol. The average molecular weight is 216 g/mol. The molecule has 0 fully saturated rings. The lowest BCUT2D eigenvalue weighted by Crippen LogP contribution is -2.11. The van der Waals surface area contributed by atoms with Crippen molar-refractivity contribution < 1.29 is 0 Å². The number of aromatic nitrogens is 3. The van der Waals surface area contributed by atoms with Crippen LogP contribution in [-0.4, -0.2) is 14.8 Å². The molecule has 1 N–H and O–H groups in total. The second-order valence-corrected chi connectivity index (χ2v) is 3.98.